The average Bonchev–Trinajstić information content (AvgIpc) is 2.79. The number of hydrogen-bond acceptors (Lipinski definition) is 5. The molecule has 0 saturated carbocycles. The summed E-state index contributed by atoms with van der Waals surface area (Å²) in [4.78, 5) is 25.9. The van der Waals surface area contributed by atoms with Crippen molar-refractivity contribution in [2.45, 2.75) is 31.3 Å². The van der Waals surface area contributed by atoms with Crippen molar-refractivity contribution in [1.82, 2.24) is 10.2 Å². The van der Waals surface area contributed by atoms with Gasteiger partial charge in [-0.05, 0) is 49.2 Å². The highest BCUT2D eigenvalue weighted by molar-refractivity contribution is 6.42. The summed E-state index contributed by atoms with van der Waals surface area (Å²) >= 11 is 17.7. The molecule has 1 saturated heterocycles. The Hall–Kier alpha value is -2.19. The van der Waals surface area contributed by atoms with Gasteiger partial charge < -0.3 is 19.9 Å². The van der Waals surface area contributed by atoms with Crippen molar-refractivity contribution in [3.63, 3.8) is 0 Å². The molecule has 2 aromatic carbocycles. The van der Waals surface area contributed by atoms with Gasteiger partial charge in [-0.2, -0.15) is 0 Å². The number of nitrogens with one attached hydrogen (secondary N) is 1. The molecule has 1 aliphatic rings. The Kier molecular flexibility index (Phi) is 9.50. The zero-order chi connectivity index (χ0) is 23.8. The van der Waals surface area contributed by atoms with Crippen LogP contribution in [0.1, 0.15) is 19.3 Å². The molecule has 178 valence electrons. The van der Waals surface area contributed by atoms with E-state index >= 15 is 0 Å². The van der Waals surface area contributed by atoms with Crippen molar-refractivity contribution < 1.29 is 24.2 Å². The van der Waals surface area contributed by atoms with Crippen LogP contribution in [0.15, 0.2) is 42.5 Å². The number of ether oxygens (including phenoxy) is 2. The van der Waals surface area contributed by atoms with Crippen LogP contribution in [0.3, 0.4) is 0 Å². The van der Waals surface area contributed by atoms with Gasteiger partial charge in [0.25, 0.3) is 5.91 Å². The van der Waals surface area contributed by atoms with Crippen LogP contribution in [-0.2, 0) is 9.59 Å². The van der Waals surface area contributed by atoms with E-state index in [2.05, 4.69) is 5.32 Å². The van der Waals surface area contributed by atoms with Gasteiger partial charge in [0.1, 0.15) is 17.5 Å². The lowest BCUT2D eigenvalue weighted by Crippen LogP contribution is -2.51. The van der Waals surface area contributed by atoms with Crippen molar-refractivity contribution in [3.05, 3.63) is 57.5 Å². The van der Waals surface area contributed by atoms with E-state index in [1.165, 1.54) is 0 Å². The van der Waals surface area contributed by atoms with Crippen LogP contribution < -0.4 is 14.8 Å². The number of nitrogens with zero attached hydrogens (tertiary/aromatic N) is 1. The van der Waals surface area contributed by atoms with Crippen molar-refractivity contribution in [2.75, 3.05) is 26.3 Å². The molecule has 0 radical (unpaired) electrons. The second-order valence-electron chi connectivity index (χ2n) is 7.69. The first kappa shape index (κ1) is 25.4. The molecule has 1 heterocycles. The molecule has 1 amide bonds. The molecule has 0 spiro atoms. The molecule has 0 bridgehead atoms. The fourth-order valence-corrected chi connectivity index (χ4v) is 4.04. The molecule has 0 aromatic heterocycles. The lowest BCUT2D eigenvalue weighted by molar-refractivity contribution is -0.144. The first-order valence-corrected chi connectivity index (χ1v) is 11.7. The molecule has 0 aliphatic carbocycles. The van der Waals surface area contributed by atoms with E-state index in [0.717, 1.165) is 0 Å². The number of carbonyl (C=O) groups excluding carboxylic acids is 1. The fraction of sp³-hybridized carbons (Fsp3) is 0.391. The molecule has 1 aliphatic heterocycles. The highest BCUT2D eigenvalue weighted by Gasteiger charge is 2.30. The minimum atomic E-state index is -0.897. The maximum absolute atomic E-state index is 12.2. The zero-order valence-corrected chi connectivity index (χ0v) is 20.1. The van der Waals surface area contributed by atoms with Gasteiger partial charge in [-0.25, -0.2) is 0 Å². The van der Waals surface area contributed by atoms with E-state index in [1.807, 2.05) is 4.90 Å². The van der Waals surface area contributed by atoms with Gasteiger partial charge in [-0.1, -0.05) is 34.8 Å². The molecule has 33 heavy (non-hydrogen) atoms. The number of rotatable bonds is 10. The standard InChI is InChI=1S/C23H25Cl3N2O5/c24-15-1-3-17(4-2-15)33-14-22(29)27-16-7-10-28(11-8-16)21(23(30)31)9-12-32-18-5-6-19(25)20(26)13-18/h1-6,13,16,21H,7-12,14H2,(H,27,29)(H,30,31). The number of piperidine rings is 1. The predicted octanol–water partition coefficient (Wildman–Crippen LogP) is 4.53. The summed E-state index contributed by atoms with van der Waals surface area (Å²) in [6.45, 7) is 1.26. The number of carboxylic acid groups (broad SMARTS) is 1. The third-order valence-electron chi connectivity index (χ3n) is 5.36. The number of amides is 1. The Morgan fingerprint density at radius 1 is 1.00 bits per heavy atom. The van der Waals surface area contributed by atoms with Gasteiger partial charge in [-0.3, -0.25) is 14.5 Å². The Morgan fingerprint density at radius 2 is 1.67 bits per heavy atom. The summed E-state index contributed by atoms with van der Waals surface area (Å²) in [6, 6.07) is 11.0. The van der Waals surface area contributed by atoms with E-state index in [9.17, 15) is 14.7 Å². The van der Waals surface area contributed by atoms with Gasteiger partial charge in [0.15, 0.2) is 6.61 Å². The summed E-state index contributed by atoms with van der Waals surface area (Å²) < 4.78 is 11.1. The van der Waals surface area contributed by atoms with E-state index in [1.54, 1.807) is 42.5 Å². The van der Waals surface area contributed by atoms with Crippen LogP contribution in [-0.4, -0.2) is 60.3 Å². The number of carbonyl (C=O) groups is 2. The maximum atomic E-state index is 12.2. The number of carboxylic acids is 1. The fourth-order valence-electron chi connectivity index (χ4n) is 3.62. The molecule has 2 aromatic rings. The third-order valence-corrected chi connectivity index (χ3v) is 6.35. The molecule has 7 nitrogen and oxygen atoms in total. The molecule has 2 N–H and O–H groups in total. The summed E-state index contributed by atoms with van der Waals surface area (Å²) in [7, 11) is 0. The van der Waals surface area contributed by atoms with Crippen LogP contribution in [0.2, 0.25) is 15.1 Å². The number of benzene rings is 2. The van der Waals surface area contributed by atoms with Gasteiger partial charge in [0.2, 0.25) is 0 Å². The number of halogens is 3. The molecule has 10 heteroatoms. The van der Waals surface area contributed by atoms with Gasteiger partial charge >= 0.3 is 5.97 Å². The van der Waals surface area contributed by atoms with E-state index < -0.39 is 12.0 Å². The van der Waals surface area contributed by atoms with Crippen molar-refractivity contribution in [2.24, 2.45) is 0 Å². The lowest BCUT2D eigenvalue weighted by atomic mass is 10.0. The van der Waals surface area contributed by atoms with Gasteiger partial charge in [0.05, 0.1) is 16.7 Å². The first-order valence-electron chi connectivity index (χ1n) is 10.5. The smallest absolute Gasteiger partial charge is 0.321 e. The Balaban J connectivity index is 1.40. The second kappa shape index (κ2) is 12.3. The molecule has 3 rings (SSSR count). The van der Waals surface area contributed by atoms with Crippen LogP contribution >= 0.6 is 34.8 Å². The molecule has 1 fully saturated rings. The third kappa shape index (κ3) is 7.96. The Bertz CT molecular complexity index is 950. The Labute approximate surface area is 207 Å². The van der Waals surface area contributed by atoms with Crippen LogP contribution in [0.4, 0.5) is 0 Å². The van der Waals surface area contributed by atoms with Gasteiger partial charge in [0, 0.05) is 36.6 Å². The van der Waals surface area contributed by atoms with Crippen molar-refractivity contribution in [1.29, 1.82) is 0 Å². The highest BCUT2D eigenvalue weighted by atomic mass is 35.5. The SMILES string of the molecule is O=C(COc1ccc(Cl)cc1)NC1CCN(C(CCOc2ccc(Cl)c(Cl)c2)C(=O)O)CC1. The monoisotopic (exact) mass is 514 g/mol. The normalized spacial score (nSPS) is 15.6. The van der Waals surface area contributed by atoms with Crippen LogP contribution in [0.5, 0.6) is 11.5 Å². The zero-order valence-electron chi connectivity index (χ0n) is 17.8. The van der Waals surface area contributed by atoms with Crippen LogP contribution in [0.25, 0.3) is 0 Å². The minimum absolute atomic E-state index is 0.0236. The van der Waals surface area contributed by atoms with Gasteiger partial charge in [-0.15, -0.1) is 0 Å². The number of hydrogen-bond donors (Lipinski definition) is 2. The predicted molar refractivity (Wildman–Crippen MR) is 128 cm³/mol. The lowest BCUT2D eigenvalue weighted by Gasteiger charge is -2.35. The highest BCUT2D eigenvalue weighted by Crippen LogP contribution is 2.26. The number of likely N-dealkylation sites (tertiary alicyclic amines) is 1. The van der Waals surface area contributed by atoms with E-state index in [-0.39, 0.29) is 25.2 Å². The quantitative estimate of drug-likeness (QED) is 0.483. The molecule has 1 unspecified atom stereocenters. The summed E-state index contributed by atoms with van der Waals surface area (Å²) in [5.41, 5.74) is 0. The van der Waals surface area contributed by atoms with Crippen molar-refractivity contribution >= 4 is 46.7 Å². The van der Waals surface area contributed by atoms with Crippen molar-refractivity contribution in [3.8, 4) is 11.5 Å². The first-order chi connectivity index (χ1) is 15.8. The van der Waals surface area contributed by atoms with E-state index in [4.69, 9.17) is 44.3 Å². The maximum Gasteiger partial charge on any atom is 0.321 e. The second-order valence-corrected chi connectivity index (χ2v) is 8.94. The van der Waals surface area contributed by atoms with E-state index in [0.29, 0.717) is 58.9 Å². The summed E-state index contributed by atoms with van der Waals surface area (Å²) in [6.07, 6.45) is 1.63. The molecular weight excluding hydrogens is 491 g/mol. The topological polar surface area (TPSA) is 88.1 Å². The molecular formula is C23H25Cl3N2O5. The Morgan fingerprint density at radius 3 is 2.30 bits per heavy atom. The average molecular weight is 516 g/mol. The summed E-state index contributed by atoms with van der Waals surface area (Å²) in [5.74, 6) is -0.00710. The summed E-state index contributed by atoms with van der Waals surface area (Å²) in [5, 5.41) is 14.0. The largest absolute Gasteiger partial charge is 0.493 e. The minimum Gasteiger partial charge on any atom is -0.493 e. The number of aliphatic carboxylic acids is 1. The van der Waals surface area contributed by atoms with Crippen LogP contribution in [0, 0.1) is 0 Å². The molecule has 1 atom stereocenters.